The van der Waals surface area contributed by atoms with Crippen LogP contribution in [0.25, 0.3) is 0 Å². The molecular weight excluding hydrogens is 450 g/mol. The maximum absolute atomic E-state index is 12.9. The van der Waals surface area contributed by atoms with Gasteiger partial charge in [0.15, 0.2) is 0 Å². The van der Waals surface area contributed by atoms with E-state index in [0.29, 0.717) is 17.9 Å². The molecule has 4 aliphatic heterocycles. The van der Waals surface area contributed by atoms with Crippen LogP contribution in [0.2, 0.25) is 0 Å². The Morgan fingerprint density at radius 2 is 1.85 bits per heavy atom. The van der Waals surface area contributed by atoms with E-state index < -0.39 is 24.2 Å². The lowest BCUT2D eigenvalue weighted by Crippen LogP contribution is -2.62. The lowest BCUT2D eigenvalue weighted by atomic mass is 9.73. The molecule has 0 aromatic carbocycles. The van der Waals surface area contributed by atoms with Gasteiger partial charge in [-0.1, -0.05) is 13.8 Å². The minimum absolute atomic E-state index is 0.00574. The van der Waals surface area contributed by atoms with Gasteiger partial charge in [-0.3, -0.25) is 9.59 Å². The third-order valence-corrected chi connectivity index (χ3v) is 8.78. The molecule has 4 heterocycles. The Bertz CT molecular complexity index is 898. The number of ketones is 1. The molecule has 0 aromatic rings. The highest BCUT2D eigenvalue weighted by atomic mass is 32.2. The Morgan fingerprint density at radius 3 is 2.42 bits per heavy atom. The van der Waals surface area contributed by atoms with Gasteiger partial charge < -0.3 is 35.2 Å². The first kappa shape index (κ1) is 24.2. The Labute approximate surface area is 196 Å². The Morgan fingerprint density at radius 1 is 1.21 bits per heavy atom. The lowest BCUT2D eigenvalue weighted by Gasteiger charge is -2.47. The molecule has 10 nitrogen and oxygen atoms in total. The number of hydrogen-bond donors (Lipinski definition) is 4. The van der Waals surface area contributed by atoms with Crippen molar-refractivity contribution in [2.45, 2.75) is 63.2 Å². The summed E-state index contributed by atoms with van der Waals surface area (Å²) in [6.07, 6.45) is -1.11. The van der Waals surface area contributed by atoms with E-state index >= 15 is 0 Å². The predicted molar refractivity (Wildman–Crippen MR) is 119 cm³/mol. The SMILES string of the molecule is CC(=O)C[C@H](C)[C@H]1C(=O)N2C(C(=O)O)=C(S[C@@H]3CN[C@H](C(=O)N4C[C@H](O)[C@@H](O)C4)C3)[C@H](C)[C@H]12. The number of nitrogens with zero attached hydrogens (tertiary/aromatic N) is 2. The van der Waals surface area contributed by atoms with Crippen LogP contribution < -0.4 is 5.32 Å². The minimum atomic E-state index is -1.14. The second-order valence-corrected chi connectivity index (χ2v) is 11.1. The summed E-state index contributed by atoms with van der Waals surface area (Å²) >= 11 is 1.41. The number of amides is 2. The molecule has 4 rings (SSSR count). The summed E-state index contributed by atoms with van der Waals surface area (Å²) in [5.74, 6) is -2.26. The van der Waals surface area contributed by atoms with Gasteiger partial charge in [0.1, 0.15) is 11.5 Å². The molecule has 0 bridgehead atoms. The van der Waals surface area contributed by atoms with Crippen LogP contribution in [0.3, 0.4) is 0 Å². The summed E-state index contributed by atoms with van der Waals surface area (Å²) in [4.78, 5) is 52.7. The quantitative estimate of drug-likeness (QED) is 0.350. The molecule has 11 heteroatoms. The van der Waals surface area contributed by atoms with Crippen LogP contribution >= 0.6 is 11.8 Å². The van der Waals surface area contributed by atoms with Crippen LogP contribution in [0.1, 0.15) is 33.6 Å². The van der Waals surface area contributed by atoms with Gasteiger partial charge >= 0.3 is 5.97 Å². The van der Waals surface area contributed by atoms with Gasteiger partial charge in [0.05, 0.1) is 30.2 Å². The Kier molecular flexibility index (Phi) is 6.60. The summed E-state index contributed by atoms with van der Waals surface area (Å²) < 4.78 is 0. The van der Waals surface area contributed by atoms with Gasteiger partial charge in [-0.25, -0.2) is 4.79 Å². The number of carbonyl (C=O) groups is 4. The molecule has 0 unspecified atom stereocenters. The maximum atomic E-state index is 12.9. The van der Waals surface area contributed by atoms with Gasteiger partial charge in [-0.15, -0.1) is 11.8 Å². The van der Waals surface area contributed by atoms with E-state index in [1.807, 2.05) is 13.8 Å². The van der Waals surface area contributed by atoms with E-state index in [1.54, 1.807) is 0 Å². The van der Waals surface area contributed by atoms with E-state index in [0.717, 1.165) is 0 Å². The van der Waals surface area contributed by atoms with Crippen molar-refractivity contribution in [3.05, 3.63) is 10.6 Å². The smallest absolute Gasteiger partial charge is 0.353 e. The van der Waals surface area contributed by atoms with Crippen molar-refractivity contribution < 1.29 is 34.5 Å². The molecule has 8 atom stereocenters. The number of thioether (sulfide) groups is 1. The number of rotatable bonds is 7. The second kappa shape index (κ2) is 9.01. The maximum Gasteiger partial charge on any atom is 0.353 e. The molecule has 0 aliphatic carbocycles. The predicted octanol–water partition coefficient (Wildman–Crippen LogP) is -0.598. The zero-order chi connectivity index (χ0) is 24.2. The summed E-state index contributed by atoms with van der Waals surface area (Å²) in [5, 5.41) is 32.4. The molecule has 0 radical (unpaired) electrons. The van der Waals surface area contributed by atoms with Gasteiger partial charge in [0.25, 0.3) is 0 Å². The molecule has 3 fully saturated rings. The molecular formula is C22H31N3O7S. The molecule has 4 aliphatic rings. The molecule has 2 amide bonds. The van der Waals surface area contributed by atoms with Crippen molar-refractivity contribution >= 4 is 35.3 Å². The van der Waals surface area contributed by atoms with Crippen molar-refractivity contribution in [3.8, 4) is 0 Å². The largest absolute Gasteiger partial charge is 0.477 e. The molecule has 3 saturated heterocycles. The number of aliphatic hydroxyl groups excluding tert-OH is 2. The monoisotopic (exact) mass is 481 g/mol. The number of carboxylic acids is 1. The van der Waals surface area contributed by atoms with Gasteiger partial charge in [-0.05, 0) is 19.3 Å². The number of aliphatic carboxylic acids is 1. The first-order valence-electron chi connectivity index (χ1n) is 11.4. The number of hydrogen-bond acceptors (Lipinski definition) is 8. The van der Waals surface area contributed by atoms with E-state index in [4.69, 9.17) is 0 Å². The molecule has 0 aromatic heterocycles. The standard InChI is InChI=1S/C22H31N3O7S/c1-9(4-10(2)26)16-17-11(3)19(18(22(31)32)25(17)21(16)30)33-12-5-13(23-6-12)20(29)24-7-14(27)15(28)8-24/h9,11-17,23,27-28H,4-8H2,1-3H3,(H,31,32)/t9-,11+,12-,13-,14-,15-,16+,17+/m0/s1. The Hall–Kier alpha value is -1.95. The number of carboxylic acid groups (broad SMARTS) is 1. The highest BCUT2D eigenvalue weighted by Crippen LogP contribution is 2.53. The second-order valence-electron chi connectivity index (χ2n) is 9.73. The minimum Gasteiger partial charge on any atom is -0.477 e. The van der Waals surface area contributed by atoms with E-state index in [1.165, 1.54) is 28.5 Å². The fraction of sp³-hybridized carbons (Fsp3) is 0.727. The third kappa shape index (κ3) is 4.20. The van der Waals surface area contributed by atoms with Crippen molar-refractivity contribution in [1.29, 1.82) is 0 Å². The molecule has 0 spiro atoms. The highest BCUT2D eigenvalue weighted by Gasteiger charge is 2.60. The fourth-order valence-electron chi connectivity index (χ4n) is 5.68. The van der Waals surface area contributed by atoms with Gasteiger partial charge in [-0.2, -0.15) is 0 Å². The average molecular weight is 482 g/mol. The van der Waals surface area contributed by atoms with Crippen molar-refractivity contribution in [2.75, 3.05) is 19.6 Å². The number of β-amino-alcohol motifs (C(OH)–C–C–N with tert-alkyl or cyclic N) is 2. The van der Waals surface area contributed by atoms with E-state index in [9.17, 15) is 34.5 Å². The number of carbonyl (C=O) groups excluding carboxylic acids is 3. The molecule has 4 N–H and O–H groups in total. The van der Waals surface area contributed by atoms with Crippen molar-refractivity contribution in [3.63, 3.8) is 0 Å². The molecule has 182 valence electrons. The summed E-state index contributed by atoms with van der Waals surface area (Å²) in [6, 6.07) is -0.729. The van der Waals surface area contributed by atoms with Crippen LogP contribution in [-0.2, 0) is 19.2 Å². The first-order chi connectivity index (χ1) is 15.5. The summed E-state index contributed by atoms with van der Waals surface area (Å²) in [7, 11) is 0. The number of fused-ring (bicyclic) bond motifs is 1. The van der Waals surface area contributed by atoms with Crippen LogP contribution in [0.5, 0.6) is 0 Å². The zero-order valence-corrected chi connectivity index (χ0v) is 19.7. The van der Waals surface area contributed by atoms with Gasteiger partial charge in [0, 0.05) is 42.1 Å². The molecule has 33 heavy (non-hydrogen) atoms. The van der Waals surface area contributed by atoms with Gasteiger partial charge in [0.2, 0.25) is 11.8 Å². The Balaban J connectivity index is 1.45. The first-order valence-corrected chi connectivity index (χ1v) is 12.2. The summed E-state index contributed by atoms with van der Waals surface area (Å²) in [5.41, 5.74) is 0.0225. The van der Waals surface area contributed by atoms with E-state index in [2.05, 4.69) is 5.32 Å². The lowest BCUT2D eigenvalue weighted by molar-refractivity contribution is -0.160. The van der Waals surface area contributed by atoms with Crippen molar-refractivity contribution in [1.82, 2.24) is 15.1 Å². The highest BCUT2D eigenvalue weighted by molar-refractivity contribution is 8.03. The average Bonchev–Trinajstić information content (AvgIpc) is 3.38. The summed E-state index contributed by atoms with van der Waals surface area (Å²) in [6.45, 7) is 5.98. The number of likely N-dealkylation sites (tertiary alicyclic amines) is 1. The fourth-order valence-corrected chi connectivity index (χ4v) is 7.16. The normalized spacial score (nSPS) is 36.8. The number of nitrogens with one attached hydrogen (secondary N) is 1. The topological polar surface area (TPSA) is 147 Å². The number of Topliss-reactive ketones (excluding diaryl/α,β-unsaturated/α-hetero) is 1. The van der Waals surface area contributed by atoms with Crippen LogP contribution in [-0.4, -0.2) is 97.9 Å². The molecule has 0 saturated carbocycles. The van der Waals surface area contributed by atoms with Crippen LogP contribution in [0.15, 0.2) is 10.6 Å². The number of β-lactam (4-membered cyclic amide) rings is 1. The van der Waals surface area contributed by atoms with Crippen molar-refractivity contribution in [2.24, 2.45) is 17.8 Å². The number of aliphatic hydroxyl groups is 2. The zero-order valence-electron chi connectivity index (χ0n) is 18.9. The van der Waals surface area contributed by atoms with Crippen LogP contribution in [0, 0.1) is 17.8 Å². The van der Waals surface area contributed by atoms with E-state index in [-0.39, 0.29) is 71.9 Å². The van der Waals surface area contributed by atoms with Crippen LogP contribution in [0.4, 0.5) is 0 Å². The third-order valence-electron chi connectivity index (χ3n) is 7.27.